The van der Waals surface area contributed by atoms with Crippen molar-refractivity contribution in [2.45, 2.75) is 31.9 Å². The van der Waals surface area contributed by atoms with E-state index in [-0.39, 0.29) is 5.56 Å². The van der Waals surface area contributed by atoms with Gasteiger partial charge >= 0.3 is 6.18 Å². The number of nitrogens with one attached hydrogen (secondary N) is 2. The fourth-order valence-electron chi connectivity index (χ4n) is 2.81. The van der Waals surface area contributed by atoms with E-state index in [1.54, 1.807) is 0 Å². The summed E-state index contributed by atoms with van der Waals surface area (Å²) in [5.74, 6) is -1.04. The summed E-state index contributed by atoms with van der Waals surface area (Å²) in [7, 11) is 0. The van der Waals surface area contributed by atoms with Crippen molar-refractivity contribution in [1.82, 2.24) is 10.9 Å². The lowest BCUT2D eigenvalue weighted by Gasteiger charge is -2.08. The van der Waals surface area contributed by atoms with E-state index in [0.717, 1.165) is 43.9 Å². The number of aryl methyl sites for hydroxylation is 2. The average molecular weight is 394 g/mol. The largest absolute Gasteiger partial charge is 0.416 e. The molecule has 2 N–H and O–H groups in total. The van der Waals surface area contributed by atoms with Gasteiger partial charge in [0.25, 0.3) is 11.8 Å². The number of carbonyl (C=O) groups excluding carboxylic acids is 2. The molecule has 1 aromatic heterocycles. The fraction of sp³-hybridized carbons (Fsp3) is 0.263. The second-order valence-electron chi connectivity index (χ2n) is 6.17. The van der Waals surface area contributed by atoms with Crippen molar-refractivity contribution in [3.8, 4) is 0 Å². The number of benzene rings is 1. The van der Waals surface area contributed by atoms with E-state index in [1.807, 2.05) is 6.07 Å². The maximum atomic E-state index is 12.7. The van der Waals surface area contributed by atoms with E-state index in [9.17, 15) is 22.8 Å². The third-order valence-electron chi connectivity index (χ3n) is 4.16. The Morgan fingerprint density at radius 2 is 1.85 bits per heavy atom. The highest BCUT2D eigenvalue weighted by molar-refractivity contribution is 7.14. The quantitative estimate of drug-likeness (QED) is 0.608. The maximum absolute atomic E-state index is 12.7. The first-order valence-electron chi connectivity index (χ1n) is 8.40. The molecule has 0 fully saturated rings. The first-order chi connectivity index (χ1) is 12.8. The molecule has 4 nitrogen and oxygen atoms in total. The molecule has 0 spiro atoms. The Morgan fingerprint density at radius 3 is 2.59 bits per heavy atom. The number of alkyl halides is 3. The Hall–Kier alpha value is -2.61. The molecule has 27 heavy (non-hydrogen) atoms. The highest BCUT2D eigenvalue weighted by Gasteiger charge is 2.30. The van der Waals surface area contributed by atoms with Crippen molar-refractivity contribution in [2.24, 2.45) is 0 Å². The molecule has 1 heterocycles. The topological polar surface area (TPSA) is 58.2 Å². The number of fused-ring (bicyclic) bond motifs is 1. The molecule has 2 aromatic rings. The number of amides is 2. The van der Waals surface area contributed by atoms with Crippen molar-refractivity contribution >= 4 is 29.2 Å². The molecule has 3 rings (SSSR count). The first kappa shape index (κ1) is 19.2. The normalized spacial score (nSPS) is 14.0. The number of carbonyl (C=O) groups is 2. The van der Waals surface area contributed by atoms with Crippen LogP contribution in [0.25, 0.3) is 6.08 Å². The summed E-state index contributed by atoms with van der Waals surface area (Å²) in [5.41, 5.74) is 5.19. The van der Waals surface area contributed by atoms with E-state index in [0.29, 0.717) is 4.88 Å². The molecule has 0 aliphatic heterocycles. The van der Waals surface area contributed by atoms with Crippen LogP contribution in [0.15, 0.2) is 36.4 Å². The maximum Gasteiger partial charge on any atom is 0.416 e. The highest BCUT2D eigenvalue weighted by Crippen LogP contribution is 2.30. The van der Waals surface area contributed by atoms with E-state index in [4.69, 9.17) is 0 Å². The molecule has 0 unspecified atom stereocenters. The summed E-state index contributed by atoms with van der Waals surface area (Å²) in [6, 6.07) is 6.46. The highest BCUT2D eigenvalue weighted by atomic mass is 32.1. The summed E-state index contributed by atoms with van der Waals surface area (Å²) in [6.45, 7) is 0. The average Bonchev–Trinajstić information content (AvgIpc) is 3.08. The minimum atomic E-state index is -4.44. The monoisotopic (exact) mass is 394 g/mol. The van der Waals surface area contributed by atoms with Gasteiger partial charge in [-0.25, -0.2) is 0 Å². The van der Waals surface area contributed by atoms with Crippen LogP contribution < -0.4 is 10.9 Å². The van der Waals surface area contributed by atoms with Gasteiger partial charge in [-0.2, -0.15) is 13.2 Å². The number of hydrogen-bond donors (Lipinski definition) is 2. The van der Waals surface area contributed by atoms with Gasteiger partial charge in [0, 0.05) is 11.0 Å². The van der Waals surface area contributed by atoms with Crippen LogP contribution in [0.4, 0.5) is 13.2 Å². The van der Waals surface area contributed by atoms with Gasteiger partial charge in [0.15, 0.2) is 0 Å². The minimum Gasteiger partial charge on any atom is -0.268 e. The SMILES string of the molecule is O=C(/C=C/c1cccc(C(F)(F)F)c1)NNC(=O)c1cc2c(s1)CCCC2. The second-order valence-corrected chi connectivity index (χ2v) is 7.30. The molecule has 0 saturated heterocycles. The van der Waals surface area contributed by atoms with Crippen molar-refractivity contribution in [2.75, 3.05) is 0 Å². The lowest BCUT2D eigenvalue weighted by molar-refractivity contribution is -0.137. The molecular formula is C19H17F3N2O2S. The zero-order valence-corrected chi connectivity index (χ0v) is 15.0. The number of hydrazine groups is 1. The van der Waals surface area contributed by atoms with Crippen molar-refractivity contribution in [1.29, 1.82) is 0 Å². The van der Waals surface area contributed by atoms with Gasteiger partial charge < -0.3 is 0 Å². The molecule has 0 radical (unpaired) electrons. The van der Waals surface area contributed by atoms with E-state index < -0.39 is 23.6 Å². The number of rotatable bonds is 3. The third-order valence-corrected chi connectivity index (χ3v) is 5.40. The molecule has 0 bridgehead atoms. The molecule has 1 aliphatic carbocycles. The van der Waals surface area contributed by atoms with Crippen LogP contribution in [0.3, 0.4) is 0 Å². The summed E-state index contributed by atoms with van der Waals surface area (Å²) < 4.78 is 38.0. The molecule has 1 aromatic carbocycles. The lowest BCUT2D eigenvalue weighted by atomic mass is 9.99. The zero-order chi connectivity index (χ0) is 19.4. The van der Waals surface area contributed by atoms with Crippen LogP contribution in [-0.2, 0) is 23.8 Å². The predicted molar refractivity (Wildman–Crippen MR) is 97.0 cm³/mol. The first-order valence-corrected chi connectivity index (χ1v) is 9.22. The summed E-state index contributed by atoms with van der Waals surface area (Å²) in [6.07, 6.45) is 2.04. The zero-order valence-electron chi connectivity index (χ0n) is 14.2. The van der Waals surface area contributed by atoms with E-state index >= 15 is 0 Å². The van der Waals surface area contributed by atoms with E-state index in [2.05, 4.69) is 10.9 Å². The van der Waals surface area contributed by atoms with Crippen molar-refractivity contribution in [3.05, 3.63) is 62.9 Å². The Morgan fingerprint density at radius 1 is 1.07 bits per heavy atom. The molecular weight excluding hydrogens is 377 g/mol. The summed E-state index contributed by atoms with van der Waals surface area (Å²) in [5, 5.41) is 0. The van der Waals surface area contributed by atoms with Crippen LogP contribution in [-0.4, -0.2) is 11.8 Å². The van der Waals surface area contributed by atoms with Gasteiger partial charge in [-0.15, -0.1) is 11.3 Å². The van der Waals surface area contributed by atoms with Crippen LogP contribution in [0.2, 0.25) is 0 Å². The van der Waals surface area contributed by atoms with Crippen LogP contribution in [0, 0.1) is 0 Å². The predicted octanol–water partition coefficient (Wildman–Crippen LogP) is 4.12. The van der Waals surface area contributed by atoms with Crippen LogP contribution in [0.5, 0.6) is 0 Å². The molecule has 1 aliphatic rings. The molecule has 2 amide bonds. The van der Waals surface area contributed by atoms with Gasteiger partial charge in [-0.1, -0.05) is 12.1 Å². The van der Waals surface area contributed by atoms with Gasteiger partial charge in [0.1, 0.15) is 0 Å². The standard InChI is InChI=1S/C19H17F3N2O2S/c20-19(21,22)14-6-3-4-12(10-14)8-9-17(25)23-24-18(26)16-11-13-5-1-2-7-15(13)27-16/h3-4,6,8-11H,1-2,5,7H2,(H,23,25)(H,24,26)/b9-8+. The fourth-order valence-corrected chi connectivity index (χ4v) is 3.96. The smallest absolute Gasteiger partial charge is 0.268 e. The molecule has 142 valence electrons. The number of thiophene rings is 1. The summed E-state index contributed by atoms with van der Waals surface area (Å²) >= 11 is 1.42. The van der Waals surface area contributed by atoms with Crippen molar-refractivity contribution < 1.29 is 22.8 Å². The second kappa shape index (κ2) is 7.96. The van der Waals surface area contributed by atoms with Crippen molar-refractivity contribution in [3.63, 3.8) is 0 Å². The Kier molecular flexibility index (Phi) is 5.65. The Bertz CT molecular complexity index is 864. The lowest BCUT2D eigenvalue weighted by Crippen LogP contribution is -2.40. The van der Waals surface area contributed by atoms with Gasteiger partial charge in [-0.05, 0) is 61.1 Å². The van der Waals surface area contributed by atoms with E-state index in [1.165, 1.54) is 40.0 Å². The third kappa shape index (κ3) is 4.97. The molecule has 0 atom stereocenters. The van der Waals surface area contributed by atoms with Gasteiger partial charge in [0.05, 0.1) is 10.4 Å². The Labute approximate surface area is 158 Å². The Balaban J connectivity index is 1.56. The molecule has 0 saturated carbocycles. The van der Waals surface area contributed by atoms with Crippen LogP contribution in [0.1, 0.15) is 44.1 Å². The van der Waals surface area contributed by atoms with Gasteiger partial charge in [-0.3, -0.25) is 20.4 Å². The number of halogens is 3. The number of hydrogen-bond acceptors (Lipinski definition) is 3. The van der Waals surface area contributed by atoms with Gasteiger partial charge in [0.2, 0.25) is 0 Å². The molecule has 8 heteroatoms. The minimum absolute atomic E-state index is 0.234. The summed E-state index contributed by atoms with van der Waals surface area (Å²) in [4.78, 5) is 25.7. The van der Waals surface area contributed by atoms with Crippen LogP contribution >= 0.6 is 11.3 Å².